The van der Waals surface area contributed by atoms with Gasteiger partial charge in [-0.25, -0.2) is 19.4 Å². The molecule has 174 valence electrons. The third-order valence-corrected chi connectivity index (χ3v) is 5.08. The van der Waals surface area contributed by atoms with E-state index < -0.39 is 23.8 Å². The van der Waals surface area contributed by atoms with Gasteiger partial charge < -0.3 is 9.47 Å². The van der Waals surface area contributed by atoms with Crippen molar-refractivity contribution in [1.29, 1.82) is 0 Å². The smallest absolute Gasteiger partial charge is 0.345 e. The summed E-state index contributed by atoms with van der Waals surface area (Å²) in [5.74, 6) is -0.483. The Morgan fingerprint density at radius 3 is 2.45 bits per heavy atom. The molecule has 0 saturated heterocycles. The van der Waals surface area contributed by atoms with E-state index in [1.165, 1.54) is 18.3 Å². The highest BCUT2D eigenvalue weighted by Crippen LogP contribution is 2.39. The number of hydrogen-bond acceptors (Lipinski definition) is 8. The van der Waals surface area contributed by atoms with Crippen LogP contribution in [0.4, 0.5) is 0 Å². The van der Waals surface area contributed by atoms with Gasteiger partial charge in [0.1, 0.15) is 6.54 Å². The van der Waals surface area contributed by atoms with Crippen LogP contribution in [0.2, 0.25) is 15.2 Å². The number of nitrogens with one attached hydrogen (secondary N) is 1. The average Bonchev–Trinajstić information content (AvgIpc) is 2.73. The molecule has 0 spiro atoms. The van der Waals surface area contributed by atoms with Crippen molar-refractivity contribution in [2.75, 3.05) is 6.61 Å². The summed E-state index contributed by atoms with van der Waals surface area (Å²) in [5.41, 5.74) is -1.09. The summed E-state index contributed by atoms with van der Waals surface area (Å²) in [5, 5.41) is 4.31. The lowest BCUT2D eigenvalue weighted by Crippen LogP contribution is -2.35. The second kappa shape index (κ2) is 10.3. The first-order valence-electron chi connectivity index (χ1n) is 9.67. The SMILES string of the molecule is CCOC(=O)Cn1nc(-c2cc(Cl)c(Oc3cnc(Cl)c(C(C)C)n3)c(Cl)c2)c(=O)[nH]c1=O. The minimum atomic E-state index is -0.865. The van der Waals surface area contributed by atoms with Gasteiger partial charge in [-0.15, -0.1) is 0 Å². The van der Waals surface area contributed by atoms with Crippen molar-refractivity contribution in [3.05, 3.63) is 60.1 Å². The molecule has 1 N–H and O–H groups in total. The van der Waals surface area contributed by atoms with Crippen molar-refractivity contribution in [2.24, 2.45) is 0 Å². The molecule has 2 aromatic heterocycles. The number of H-pyrrole nitrogens is 1. The molecule has 13 heteroatoms. The number of nitrogens with zero attached hydrogens (tertiary/aromatic N) is 4. The molecule has 0 atom stereocenters. The number of rotatable bonds is 7. The van der Waals surface area contributed by atoms with Crippen molar-refractivity contribution in [3.63, 3.8) is 0 Å². The van der Waals surface area contributed by atoms with Crippen molar-refractivity contribution in [1.82, 2.24) is 24.7 Å². The molecule has 0 radical (unpaired) electrons. The third-order valence-electron chi connectivity index (χ3n) is 4.23. The van der Waals surface area contributed by atoms with Crippen LogP contribution in [-0.2, 0) is 16.1 Å². The first-order valence-corrected chi connectivity index (χ1v) is 10.8. The quantitative estimate of drug-likeness (QED) is 0.471. The van der Waals surface area contributed by atoms with E-state index in [9.17, 15) is 14.4 Å². The lowest BCUT2D eigenvalue weighted by atomic mass is 10.1. The number of halogens is 3. The Morgan fingerprint density at radius 2 is 1.85 bits per heavy atom. The van der Waals surface area contributed by atoms with Crippen molar-refractivity contribution < 1.29 is 14.3 Å². The Kier molecular flexibility index (Phi) is 7.72. The zero-order valence-electron chi connectivity index (χ0n) is 17.7. The summed E-state index contributed by atoms with van der Waals surface area (Å²) in [6.07, 6.45) is 1.33. The van der Waals surface area contributed by atoms with Crippen molar-refractivity contribution >= 4 is 40.8 Å². The van der Waals surface area contributed by atoms with Gasteiger partial charge in [-0.1, -0.05) is 48.7 Å². The number of hydrogen-bond donors (Lipinski definition) is 1. The molecule has 0 bridgehead atoms. The van der Waals surface area contributed by atoms with Crippen LogP contribution in [0.1, 0.15) is 32.4 Å². The predicted octanol–water partition coefficient (Wildman–Crippen LogP) is 3.83. The number of aromatic nitrogens is 5. The maximum absolute atomic E-state index is 12.3. The molecule has 0 fully saturated rings. The molecule has 0 aliphatic rings. The summed E-state index contributed by atoms with van der Waals surface area (Å²) >= 11 is 18.8. The fourth-order valence-corrected chi connectivity index (χ4v) is 3.62. The van der Waals surface area contributed by atoms with Gasteiger partial charge in [0.05, 0.1) is 28.5 Å². The van der Waals surface area contributed by atoms with Gasteiger partial charge >= 0.3 is 11.7 Å². The average molecular weight is 515 g/mol. The summed E-state index contributed by atoms with van der Waals surface area (Å²) in [6.45, 7) is 5.08. The Morgan fingerprint density at radius 1 is 1.18 bits per heavy atom. The van der Waals surface area contributed by atoms with Gasteiger partial charge in [0.15, 0.2) is 16.6 Å². The standard InChI is InChI=1S/C20H18Cl3N5O5/c1-4-32-14(29)8-28-20(31)26-19(30)16(27-28)10-5-11(21)17(12(22)6-10)33-13-7-24-18(23)15(25-13)9(2)3/h5-7,9H,4,8H2,1-3H3,(H,26,30,31). The highest BCUT2D eigenvalue weighted by molar-refractivity contribution is 6.37. The Hall–Kier alpha value is -2.95. The number of carbonyl (C=O) groups is 1. The highest BCUT2D eigenvalue weighted by atomic mass is 35.5. The number of carbonyl (C=O) groups excluding carboxylic acids is 1. The minimum absolute atomic E-state index is 0.00459. The largest absolute Gasteiger partial charge is 0.465 e. The van der Waals surface area contributed by atoms with E-state index in [1.807, 2.05) is 13.8 Å². The van der Waals surface area contributed by atoms with E-state index in [4.69, 9.17) is 44.3 Å². The van der Waals surface area contributed by atoms with Gasteiger partial charge in [-0.2, -0.15) is 5.10 Å². The van der Waals surface area contributed by atoms with Crippen LogP contribution in [0.15, 0.2) is 27.9 Å². The van der Waals surface area contributed by atoms with E-state index in [0.717, 1.165) is 4.68 Å². The van der Waals surface area contributed by atoms with Crippen LogP contribution in [-0.4, -0.2) is 37.3 Å². The predicted molar refractivity (Wildman–Crippen MR) is 122 cm³/mol. The normalized spacial score (nSPS) is 11.0. The first kappa shape index (κ1) is 24.7. The zero-order chi connectivity index (χ0) is 24.3. The zero-order valence-corrected chi connectivity index (χ0v) is 20.0. The van der Waals surface area contributed by atoms with Gasteiger partial charge in [0.25, 0.3) is 5.56 Å². The molecule has 2 heterocycles. The first-order chi connectivity index (χ1) is 15.6. The van der Waals surface area contributed by atoms with Crippen molar-refractivity contribution in [2.45, 2.75) is 33.2 Å². The van der Waals surface area contributed by atoms with Crippen LogP contribution >= 0.6 is 34.8 Å². The van der Waals surface area contributed by atoms with Gasteiger partial charge in [0, 0.05) is 5.56 Å². The number of ether oxygens (including phenoxy) is 2. The molecule has 3 rings (SSSR count). The van der Waals surface area contributed by atoms with E-state index in [-0.39, 0.29) is 50.6 Å². The van der Waals surface area contributed by atoms with E-state index in [0.29, 0.717) is 5.69 Å². The van der Waals surface area contributed by atoms with Crippen LogP contribution in [0.3, 0.4) is 0 Å². The maximum Gasteiger partial charge on any atom is 0.345 e. The van der Waals surface area contributed by atoms with E-state index >= 15 is 0 Å². The third kappa shape index (κ3) is 5.70. The van der Waals surface area contributed by atoms with Gasteiger partial charge in [-0.3, -0.25) is 14.6 Å². The van der Waals surface area contributed by atoms with Crippen LogP contribution in [0.5, 0.6) is 11.6 Å². The van der Waals surface area contributed by atoms with Crippen LogP contribution in [0, 0.1) is 0 Å². The molecule has 1 aromatic carbocycles. The fraction of sp³-hybridized carbons (Fsp3) is 0.300. The molecule has 0 unspecified atom stereocenters. The topological polar surface area (TPSA) is 129 Å². The van der Waals surface area contributed by atoms with Crippen molar-refractivity contribution in [3.8, 4) is 22.9 Å². The summed E-state index contributed by atoms with van der Waals surface area (Å²) < 4.78 is 11.3. The molecule has 0 amide bonds. The molecule has 10 nitrogen and oxygen atoms in total. The van der Waals surface area contributed by atoms with Crippen LogP contribution < -0.4 is 16.0 Å². The molecule has 33 heavy (non-hydrogen) atoms. The molecular weight excluding hydrogens is 497 g/mol. The molecule has 0 aliphatic carbocycles. The fourth-order valence-electron chi connectivity index (χ4n) is 2.74. The Balaban J connectivity index is 1.98. The lowest BCUT2D eigenvalue weighted by molar-refractivity contribution is -0.144. The summed E-state index contributed by atoms with van der Waals surface area (Å²) in [7, 11) is 0. The van der Waals surface area contributed by atoms with Gasteiger partial charge in [0.2, 0.25) is 5.88 Å². The van der Waals surface area contributed by atoms with Crippen LogP contribution in [0.25, 0.3) is 11.3 Å². The van der Waals surface area contributed by atoms with E-state index in [2.05, 4.69) is 20.1 Å². The second-order valence-corrected chi connectivity index (χ2v) is 8.15. The number of aromatic amines is 1. The van der Waals surface area contributed by atoms with E-state index in [1.54, 1.807) is 6.92 Å². The maximum atomic E-state index is 12.3. The molecule has 0 aliphatic heterocycles. The Bertz CT molecular complexity index is 1300. The molecule has 0 saturated carbocycles. The highest BCUT2D eigenvalue weighted by Gasteiger charge is 2.18. The number of benzene rings is 1. The summed E-state index contributed by atoms with van der Waals surface area (Å²) in [4.78, 5) is 46.5. The number of esters is 1. The minimum Gasteiger partial charge on any atom is -0.465 e. The Labute approximate surface area is 202 Å². The summed E-state index contributed by atoms with van der Waals surface area (Å²) in [6, 6.07) is 2.76. The van der Waals surface area contributed by atoms with Gasteiger partial charge in [-0.05, 0) is 25.0 Å². The molecular formula is C20H18Cl3N5O5. The second-order valence-electron chi connectivity index (χ2n) is 6.98. The molecule has 3 aromatic rings. The monoisotopic (exact) mass is 513 g/mol. The lowest BCUT2D eigenvalue weighted by Gasteiger charge is -2.13.